The average Bonchev–Trinajstić information content (AvgIpc) is 2.56. The van der Waals surface area contributed by atoms with Crippen LogP contribution >= 0.6 is 0 Å². The van der Waals surface area contributed by atoms with Gasteiger partial charge in [0.25, 0.3) is 0 Å². The molecule has 6 heteroatoms. The first-order valence-electron chi connectivity index (χ1n) is 7.21. The minimum Gasteiger partial charge on any atom is -0.373 e. The predicted molar refractivity (Wildman–Crippen MR) is 83.3 cm³/mol. The van der Waals surface area contributed by atoms with Gasteiger partial charge in [-0.2, -0.15) is 0 Å². The quantitative estimate of drug-likeness (QED) is 0.911. The molecule has 1 saturated heterocycles. The van der Waals surface area contributed by atoms with Gasteiger partial charge < -0.3 is 10.2 Å². The van der Waals surface area contributed by atoms with Crippen LogP contribution in [0.1, 0.15) is 5.56 Å². The fraction of sp³-hybridized carbons (Fsp3) is 0.400. The second kappa shape index (κ2) is 6.49. The highest BCUT2D eigenvalue weighted by atomic mass is 15.3. The van der Waals surface area contributed by atoms with Crippen LogP contribution in [0.2, 0.25) is 0 Å². The summed E-state index contributed by atoms with van der Waals surface area (Å²) in [4.78, 5) is 17.5. The highest BCUT2D eigenvalue weighted by molar-refractivity contribution is 5.48. The normalized spacial score (nSPS) is 16.0. The smallest absolute Gasteiger partial charge is 0.134 e. The summed E-state index contributed by atoms with van der Waals surface area (Å²) in [5.74, 6) is 1.85. The van der Waals surface area contributed by atoms with E-state index >= 15 is 0 Å². The molecule has 2 aromatic heterocycles. The van der Waals surface area contributed by atoms with Crippen molar-refractivity contribution in [3.8, 4) is 0 Å². The topological polar surface area (TPSA) is 57.2 Å². The van der Waals surface area contributed by atoms with Crippen LogP contribution in [0.3, 0.4) is 0 Å². The van der Waals surface area contributed by atoms with Crippen molar-refractivity contribution in [1.82, 2.24) is 19.9 Å². The molecule has 0 saturated carbocycles. The zero-order valence-electron chi connectivity index (χ0n) is 12.2. The monoisotopic (exact) mass is 284 g/mol. The second-order valence-electron chi connectivity index (χ2n) is 5.14. The first-order valence-corrected chi connectivity index (χ1v) is 7.21. The third-order valence-electron chi connectivity index (χ3n) is 3.73. The fourth-order valence-electron chi connectivity index (χ4n) is 2.54. The number of hydrogen-bond donors (Lipinski definition) is 1. The maximum absolute atomic E-state index is 4.37. The third-order valence-corrected chi connectivity index (χ3v) is 3.73. The summed E-state index contributed by atoms with van der Waals surface area (Å²) in [6, 6.07) is 6.12. The van der Waals surface area contributed by atoms with Gasteiger partial charge in [-0.05, 0) is 11.6 Å². The lowest BCUT2D eigenvalue weighted by atomic mass is 10.2. The Hall–Kier alpha value is -2.21. The molecule has 1 aliphatic heterocycles. The average molecular weight is 284 g/mol. The molecule has 0 bridgehead atoms. The Kier molecular flexibility index (Phi) is 4.25. The molecule has 3 heterocycles. The lowest BCUT2D eigenvalue weighted by Crippen LogP contribution is -2.46. The van der Waals surface area contributed by atoms with Gasteiger partial charge in [0, 0.05) is 58.2 Å². The zero-order chi connectivity index (χ0) is 14.5. The Balaban J connectivity index is 1.57. The van der Waals surface area contributed by atoms with E-state index in [9.17, 15) is 0 Å². The molecule has 110 valence electrons. The number of nitrogens with zero attached hydrogens (tertiary/aromatic N) is 5. The fourth-order valence-corrected chi connectivity index (χ4v) is 2.54. The van der Waals surface area contributed by atoms with E-state index in [1.165, 1.54) is 5.56 Å². The zero-order valence-corrected chi connectivity index (χ0v) is 12.2. The van der Waals surface area contributed by atoms with Crippen molar-refractivity contribution in [2.45, 2.75) is 6.54 Å². The van der Waals surface area contributed by atoms with Gasteiger partial charge >= 0.3 is 0 Å². The number of pyridine rings is 1. The van der Waals surface area contributed by atoms with E-state index in [0.29, 0.717) is 0 Å². The Bertz CT molecular complexity index is 565. The van der Waals surface area contributed by atoms with Gasteiger partial charge in [0.1, 0.15) is 18.0 Å². The van der Waals surface area contributed by atoms with E-state index in [0.717, 1.165) is 44.4 Å². The summed E-state index contributed by atoms with van der Waals surface area (Å²) in [5.41, 5.74) is 1.27. The number of hydrogen-bond acceptors (Lipinski definition) is 6. The summed E-state index contributed by atoms with van der Waals surface area (Å²) in [6.07, 6.45) is 5.37. The second-order valence-corrected chi connectivity index (χ2v) is 5.14. The maximum Gasteiger partial charge on any atom is 0.134 e. The van der Waals surface area contributed by atoms with Crippen molar-refractivity contribution < 1.29 is 0 Å². The molecule has 0 atom stereocenters. The number of anilines is 2. The molecule has 1 N–H and O–H groups in total. The SMILES string of the molecule is CNc1cc(N2CCN(Cc3cccnc3)CC2)ncn1. The van der Waals surface area contributed by atoms with Crippen LogP contribution in [-0.4, -0.2) is 53.1 Å². The van der Waals surface area contributed by atoms with E-state index in [1.54, 1.807) is 6.33 Å². The molecule has 0 radical (unpaired) electrons. The first kappa shape index (κ1) is 13.8. The van der Waals surface area contributed by atoms with E-state index < -0.39 is 0 Å². The molecule has 1 aliphatic rings. The summed E-state index contributed by atoms with van der Waals surface area (Å²) < 4.78 is 0. The third kappa shape index (κ3) is 3.46. The van der Waals surface area contributed by atoms with Gasteiger partial charge in [0.2, 0.25) is 0 Å². The van der Waals surface area contributed by atoms with Crippen LogP contribution in [0, 0.1) is 0 Å². The number of aromatic nitrogens is 3. The van der Waals surface area contributed by atoms with Gasteiger partial charge in [-0.1, -0.05) is 6.07 Å². The maximum atomic E-state index is 4.37. The molecular weight excluding hydrogens is 264 g/mol. The largest absolute Gasteiger partial charge is 0.373 e. The highest BCUT2D eigenvalue weighted by Gasteiger charge is 2.18. The van der Waals surface area contributed by atoms with Crippen LogP contribution < -0.4 is 10.2 Å². The minimum absolute atomic E-state index is 0.859. The summed E-state index contributed by atoms with van der Waals surface area (Å²) in [5, 5.41) is 3.05. The van der Waals surface area contributed by atoms with Crippen molar-refractivity contribution in [3.63, 3.8) is 0 Å². The molecule has 0 spiro atoms. The lowest BCUT2D eigenvalue weighted by molar-refractivity contribution is 0.249. The molecular formula is C15H20N6. The van der Waals surface area contributed by atoms with Crippen LogP contribution in [-0.2, 0) is 6.54 Å². The Morgan fingerprint density at radius 2 is 2.05 bits per heavy atom. The van der Waals surface area contributed by atoms with E-state index in [2.05, 4.69) is 36.1 Å². The van der Waals surface area contributed by atoms with Crippen LogP contribution in [0.15, 0.2) is 36.9 Å². The minimum atomic E-state index is 0.859. The predicted octanol–water partition coefficient (Wildman–Crippen LogP) is 1.24. The van der Waals surface area contributed by atoms with Crippen molar-refractivity contribution in [2.24, 2.45) is 0 Å². The van der Waals surface area contributed by atoms with Crippen molar-refractivity contribution in [3.05, 3.63) is 42.5 Å². The molecule has 1 fully saturated rings. The summed E-state index contributed by atoms with van der Waals surface area (Å²) in [6.45, 7) is 5.01. The van der Waals surface area contributed by atoms with Gasteiger partial charge in [-0.3, -0.25) is 9.88 Å². The van der Waals surface area contributed by atoms with E-state index in [1.807, 2.05) is 31.6 Å². The van der Waals surface area contributed by atoms with Crippen molar-refractivity contribution in [2.75, 3.05) is 43.4 Å². The van der Waals surface area contributed by atoms with Crippen LogP contribution in [0.25, 0.3) is 0 Å². The molecule has 0 unspecified atom stereocenters. The van der Waals surface area contributed by atoms with Gasteiger partial charge in [0.15, 0.2) is 0 Å². The lowest BCUT2D eigenvalue weighted by Gasteiger charge is -2.35. The summed E-state index contributed by atoms with van der Waals surface area (Å²) in [7, 11) is 1.87. The molecule has 21 heavy (non-hydrogen) atoms. The van der Waals surface area contributed by atoms with Crippen LogP contribution in [0.4, 0.5) is 11.6 Å². The molecule has 3 rings (SSSR count). The van der Waals surface area contributed by atoms with Gasteiger partial charge in [0.05, 0.1) is 0 Å². The molecule has 0 aliphatic carbocycles. The van der Waals surface area contributed by atoms with Crippen molar-refractivity contribution >= 4 is 11.6 Å². The number of nitrogens with one attached hydrogen (secondary N) is 1. The Morgan fingerprint density at radius 1 is 1.19 bits per heavy atom. The van der Waals surface area contributed by atoms with E-state index in [-0.39, 0.29) is 0 Å². The highest BCUT2D eigenvalue weighted by Crippen LogP contribution is 2.16. The molecule has 0 amide bonds. The Morgan fingerprint density at radius 3 is 2.76 bits per heavy atom. The van der Waals surface area contributed by atoms with E-state index in [4.69, 9.17) is 0 Å². The van der Waals surface area contributed by atoms with Crippen LogP contribution in [0.5, 0.6) is 0 Å². The Labute approximate surface area is 124 Å². The standard InChI is InChI=1S/C15H20N6/c1-16-14-9-15(19-12-18-14)21-7-5-20(6-8-21)11-13-3-2-4-17-10-13/h2-4,9-10,12H,5-8,11H2,1H3,(H,16,18,19). The van der Waals surface area contributed by atoms with Gasteiger partial charge in [-0.15, -0.1) is 0 Å². The molecule has 0 aromatic carbocycles. The van der Waals surface area contributed by atoms with Gasteiger partial charge in [-0.25, -0.2) is 9.97 Å². The number of piperazine rings is 1. The first-order chi connectivity index (χ1) is 10.3. The van der Waals surface area contributed by atoms with Crippen molar-refractivity contribution in [1.29, 1.82) is 0 Å². The molecule has 2 aromatic rings. The molecule has 6 nitrogen and oxygen atoms in total. The number of rotatable bonds is 4. The summed E-state index contributed by atoms with van der Waals surface area (Å²) >= 11 is 0.